The molecule has 1 unspecified atom stereocenters. The molecule has 0 bridgehead atoms. The predicted octanol–water partition coefficient (Wildman–Crippen LogP) is 3.45. The van der Waals surface area contributed by atoms with E-state index in [-0.39, 0.29) is 18.2 Å². The molecule has 164 valence electrons. The van der Waals surface area contributed by atoms with Crippen LogP contribution < -0.4 is 15.0 Å². The molecule has 0 radical (unpaired) electrons. The molecule has 2 aromatic heterocycles. The van der Waals surface area contributed by atoms with Crippen LogP contribution in [0.5, 0.6) is 11.6 Å². The molecule has 3 heterocycles. The molecule has 1 N–H and O–H groups in total. The maximum absolute atomic E-state index is 12.7. The van der Waals surface area contributed by atoms with Crippen molar-refractivity contribution < 1.29 is 14.3 Å². The van der Waals surface area contributed by atoms with Crippen LogP contribution in [0.3, 0.4) is 0 Å². The Labute approximate surface area is 189 Å². The van der Waals surface area contributed by atoms with Gasteiger partial charge >= 0.3 is 0 Å². The summed E-state index contributed by atoms with van der Waals surface area (Å²) < 4.78 is 7.32. The highest BCUT2D eigenvalue weighted by Crippen LogP contribution is 2.26. The number of ether oxygens (including phenoxy) is 1. The van der Waals surface area contributed by atoms with E-state index in [1.165, 1.54) is 0 Å². The Balaban J connectivity index is 1.18. The van der Waals surface area contributed by atoms with Crippen molar-refractivity contribution in [1.29, 1.82) is 0 Å². The number of carbonyl (C=O) groups is 2. The summed E-state index contributed by atoms with van der Waals surface area (Å²) in [5.41, 5.74) is 1.43. The van der Waals surface area contributed by atoms with E-state index in [0.29, 0.717) is 29.7 Å². The number of aromatic nitrogens is 4. The second-order valence-electron chi connectivity index (χ2n) is 7.54. The zero-order valence-electron chi connectivity index (χ0n) is 17.5. The highest BCUT2D eigenvalue weighted by atomic mass is 16.5. The van der Waals surface area contributed by atoms with Crippen LogP contribution >= 0.6 is 0 Å². The molecule has 9 nitrogen and oxygen atoms in total. The van der Waals surface area contributed by atoms with Crippen molar-refractivity contribution in [3.8, 4) is 17.4 Å². The van der Waals surface area contributed by atoms with E-state index in [2.05, 4.69) is 20.6 Å². The lowest BCUT2D eigenvalue weighted by atomic mass is 10.1. The van der Waals surface area contributed by atoms with E-state index in [4.69, 9.17) is 4.74 Å². The number of carbonyl (C=O) groups excluding carboxylic acids is 2. The first-order valence-corrected chi connectivity index (χ1v) is 10.4. The van der Waals surface area contributed by atoms with E-state index in [1.54, 1.807) is 64.4 Å². The molecule has 0 aliphatic carbocycles. The summed E-state index contributed by atoms with van der Waals surface area (Å²) in [5, 5.41) is 15.1. The minimum atomic E-state index is -0.405. The first kappa shape index (κ1) is 20.4. The van der Waals surface area contributed by atoms with Gasteiger partial charge in [-0.05, 0) is 48.5 Å². The molecule has 1 aliphatic heterocycles. The van der Waals surface area contributed by atoms with Gasteiger partial charge < -0.3 is 15.0 Å². The smallest absolute Gasteiger partial charge is 0.238 e. The van der Waals surface area contributed by atoms with Gasteiger partial charge in [-0.15, -0.1) is 10.2 Å². The van der Waals surface area contributed by atoms with Gasteiger partial charge in [-0.25, -0.2) is 4.68 Å². The number of benzene rings is 2. The van der Waals surface area contributed by atoms with E-state index in [9.17, 15) is 9.59 Å². The molecular formula is C24H20N6O3. The molecule has 0 saturated carbocycles. The predicted molar refractivity (Wildman–Crippen MR) is 121 cm³/mol. The topological polar surface area (TPSA) is 102 Å². The monoisotopic (exact) mass is 440 g/mol. The number of nitrogens with one attached hydrogen (secondary N) is 1. The molecule has 2 amide bonds. The zero-order chi connectivity index (χ0) is 22.6. The average Bonchev–Trinajstić information content (AvgIpc) is 3.52. The van der Waals surface area contributed by atoms with Crippen LogP contribution in [0.4, 0.5) is 11.4 Å². The third-order valence-electron chi connectivity index (χ3n) is 5.27. The van der Waals surface area contributed by atoms with E-state index in [1.807, 2.05) is 30.3 Å². The van der Waals surface area contributed by atoms with Crippen molar-refractivity contribution in [2.24, 2.45) is 5.92 Å². The molecule has 9 heteroatoms. The number of hydrogen-bond acceptors (Lipinski definition) is 6. The molecule has 0 spiro atoms. The zero-order valence-corrected chi connectivity index (χ0v) is 17.5. The number of para-hydroxylation sites is 1. The Bertz CT molecular complexity index is 1240. The minimum absolute atomic E-state index is 0.0511. The summed E-state index contributed by atoms with van der Waals surface area (Å²) in [4.78, 5) is 26.7. The van der Waals surface area contributed by atoms with E-state index >= 15 is 0 Å². The molecule has 1 atom stereocenters. The Morgan fingerprint density at radius 2 is 1.79 bits per heavy atom. The van der Waals surface area contributed by atoms with Crippen LogP contribution in [-0.4, -0.2) is 38.3 Å². The fourth-order valence-corrected chi connectivity index (χ4v) is 3.61. The molecule has 4 aromatic rings. The molecule has 33 heavy (non-hydrogen) atoms. The summed E-state index contributed by atoms with van der Waals surface area (Å²) in [7, 11) is 0. The van der Waals surface area contributed by atoms with Gasteiger partial charge in [0.15, 0.2) is 5.82 Å². The van der Waals surface area contributed by atoms with Crippen molar-refractivity contribution in [2.75, 3.05) is 16.8 Å². The molecule has 5 rings (SSSR count). The Morgan fingerprint density at radius 3 is 2.48 bits per heavy atom. The number of rotatable bonds is 6. The van der Waals surface area contributed by atoms with Crippen LogP contribution in [0.2, 0.25) is 0 Å². The van der Waals surface area contributed by atoms with E-state index in [0.717, 1.165) is 5.69 Å². The average molecular weight is 440 g/mol. The van der Waals surface area contributed by atoms with Gasteiger partial charge in [0.25, 0.3) is 0 Å². The Hall–Kier alpha value is -4.53. The second kappa shape index (κ2) is 8.91. The second-order valence-corrected chi connectivity index (χ2v) is 7.54. The highest BCUT2D eigenvalue weighted by molar-refractivity contribution is 6.03. The Morgan fingerprint density at radius 1 is 0.970 bits per heavy atom. The molecule has 2 aromatic carbocycles. The maximum Gasteiger partial charge on any atom is 0.238 e. The summed E-state index contributed by atoms with van der Waals surface area (Å²) in [6, 6.07) is 21.6. The lowest BCUT2D eigenvalue weighted by Crippen LogP contribution is -2.28. The maximum atomic E-state index is 12.7. The first-order chi connectivity index (χ1) is 16.2. The van der Waals surface area contributed by atoms with Gasteiger partial charge in [-0.3, -0.25) is 9.59 Å². The molecule has 1 aliphatic rings. The lowest BCUT2D eigenvalue weighted by Gasteiger charge is -2.16. The van der Waals surface area contributed by atoms with Crippen LogP contribution in [0.25, 0.3) is 5.82 Å². The number of anilines is 2. The van der Waals surface area contributed by atoms with Crippen molar-refractivity contribution in [2.45, 2.75) is 6.42 Å². The largest absolute Gasteiger partial charge is 0.438 e. The van der Waals surface area contributed by atoms with Crippen molar-refractivity contribution in [3.05, 3.63) is 85.2 Å². The van der Waals surface area contributed by atoms with Crippen molar-refractivity contribution >= 4 is 23.2 Å². The van der Waals surface area contributed by atoms with Crippen LogP contribution in [0, 0.1) is 5.92 Å². The molecule has 1 fully saturated rings. The minimum Gasteiger partial charge on any atom is -0.438 e. The van der Waals surface area contributed by atoms with Gasteiger partial charge in [0, 0.05) is 42.8 Å². The summed E-state index contributed by atoms with van der Waals surface area (Å²) in [6.07, 6.45) is 3.63. The van der Waals surface area contributed by atoms with Crippen LogP contribution in [0.15, 0.2) is 85.2 Å². The SMILES string of the molecule is O=C(Nc1ccc(Oc2ccc(-n3cccn3)nn2)cc1)C1CC(=O)N(c2ccccc2)C1. The van der Waals surface area contributed by atoms with Gasteiger partial charge in [-0.1, -0.05) is 18.2 Å². The lowest BCUT2D eigenvalue weighted by molar-refractivity contribution is -0.122. The summed E-state index contributed by atoms with van der Waals surface area (Å²) in [5.74, 6) is 0.841. The fraction of sp³-hybridized carbons (Fsp3) is 0.125. The number of hydrogen-bond donors (Lipinski definition) is 1. The first-order valence-electron chi connectivity index (χ1n) is 10.4. The van der Waals surface area contributed by atoms with E-state index < -0.39 is 5.92 Å². The third-order valence-corrected chi connectivity index (χ3v) is 5.27. The summed E-state index contributed by atoms with van der Waals surface area (Å²) >= 11 is 0. The molecule has 1 saturated heterocycles. The van der Waals surface area contributed by atoms with Gasteiger partial charge in [0.05, 0.1) is 5.92 Å². The van der Waals surface area contributed by atoms with Gasteiger partial charge in [0.1, 0.15) is 5.75 Å². The Kier molecular flexibility index (Phi) is 5.50. The highest BCUT2D eigenvalue weighted by Gasteiger charge is 2.35. The summed E-state index contributed by atoms with van der Waals surface area (Å²) in [6.45, 7) is 0.364. The molecular weight excluding hydrogens is 420 g/mol. The standard InChI is InChI=1S/C24H20N6O3/c31-23-15-17(16-29(23)19-5-2-1-3-6-19)24(32)26-18-7-9-20(10-8-18)33-22-12-11-21(27-28-22)30-14-4-13-25-30/h1-14,17H,15-16H2,(H,26,32). The number of nitrogens with zero attached hydrogens (tertiary/aromatic N) is 5. The van der Waals surface area contributed by atoms with Crippen molar-refractivity contribution in [3.63, 3.8) is 0 Å². The van der Waals surface area contributed by atoms with Crippen molar-refractivity contribution in [1.82, 2.24) is 20.0 Å². The third kappa shape index (κ3) is 4.57. The van der Waals surface area contributed by atoms with Gasteiger partial charge in [0.2, 0.25) is 17.7 Å². The quantitative estimate of drug-likeness (QED) is 0.493. The van der Waals surface area contributed by atoms with Crippen LogP contribution in [-0.2, 0) is 9.59 Å². The van der Waals surface area contributed by atoms with Gasteiger partial charge in [-0.2, -0.15) is 5.10 Å². The van der Waals surface area contributed by atoms with Crippen LogP contribution in [0.1, 0.15) is 6.42 Å². The fourth-order valence-electron chi connectivity index (χ4n) is 3.61. The number of amides is 2. The normalized spacial score (nSPS) is 15.5.